The summed E-state index contributed by atoms with van der Waals surface area (Å²) in [5, 5.41) is 14.5. The second kappa shape index (κ2) is 11.5. The lowest BCUT2D eigenvalue weighted by molar-refractivity contribution is -0.113. The molecule has 0 aliphatic rings. The molecule has 0 fully saturated rings. The van der Waals surface area contributed by atoms with E-state index in [1.54, 1.807) is 25.1 Å². The van der Waals surface area contributed by atoms with Gasteiger partial charge in [-0.1, -0.05) is 68.1 Å². The number of thioether (sulfide) groups is 1. The molecule has 1 amide bonds. The van der Waals surface area contributed by atoms with Gasteiger partial charge in [0, 0.05) is 17.5 Å². The van der Waals surface area contributed by atoms with E-state index < -0.39 is 11.9 Å². The summed E-state index contributed by atoms with van der Waals surface area (Å²) in [6.45, 7) is 6.62. The van der Waals surface area contributed by atoms with Crippen molar-refractivity contribution in [2.45, 2.75) is 38.6 Å². The molecule has 0 radical (unpaired) electrons. The molecular formula is C25H26FN5O2S2. The summed E-state index contributed by atoms with van der Waals surface area (Å²) in [6, 6.07) is 16.1. The summed E-state index contributed by atoms with van der Waals surface area (Å²) in [5.74, 6) is 0.589. The largest absolute Gasteiger partial charge is 0.480 e. The third-order valence-corrected chi connectivity index (χ3v) is 6.67. The Morgan fingerprint density at radius 1 is 1.11 bits per heavy atom. The van der Waals surface area contributed by atoms with Crippen LogP contribution >= 0.6 is 23.1 Å². The molecule has 7 nitrogen and oxygen atoms in total. The molecule has 0 bridgehead atoms. The van der Waals surface area contributed by atoms with Crippen LogP contribution in [0.3, 0.4) is 0 Å². The second-order valence-electron chi connectivity index (χ2n) is 8.28. The van der Waals surface area contributed by atoms with E-state index in [0.29, 0.717) is 28.6 Å². The van der Waals surface area contributed by atoms with Crippen molar-refractivity contribution in [1.82, 2.24) is 19.7 Å². The molecule has 2 heterocycles. The highest BCUT2D eigenvalue weighted by Gasteiger charge is 2.22. The number of nitrogens with zero attached hydrogens (tertiary/aromatic N) is 4. The number of thiazole rings is 1. The molecule has 2 aromatic heterocycles. The molecule has 1 N–H and O–H groups in total. The normalized spacial score (nSPS) is 12.0. The van der Waals surface area contributed by atoms with Gasteiger partial charge in [0.15, 0.2) is 33.8 Å². The quantitative estimate of drug-likeness (QED) is 0.260. The maximum Gasteiger partial charge on any atom is 0.236 e. The zero-order valence-corrected chi connectivity index (χ0v) is 21.3. The number of carbonyl (C=O) groups excluding carboxylic acids is 1. The highest BCUT2D eigenvalue weighted by Crippen LogP contribution is 2.28. The van der Waals surface area contributed by atoms with Crippen LogP contribution in [0.25, 0.3) is 11.3 Å². The van der Waals surface area contributed by atoms with Crippen LogP contribution in [0.2, 0.25) is 0 Å². The number of halogens is 1. The SMILES string of the molecule is CC(C)Cn1c(SCC(=O)Nc2nc(-c3ccccc3)cs2)nnc1C(C)Oc1ccccc1F. The van der Waals surface area contributed by atoms with Crippen LogP contribution < -0.4 is 10.1 Å². The molecule has 182 valence electrons. The van der Waals surface area contributed by atoms with Gasteiger partial charge in [-0.05, 0) is 25.0 Å². The predicted octanol–water partition coefficient (Wildman–Crippen LogP) is 6.07. The van der Waals surface area contributed by atoms with Crippen molar-refractivity contribution in [2.24, 2.45) is 5.92 Å². The third kappa shape index (κ3) is 6.46. The van der Waals surface area contributed by atoms with E-state index in [-0.39, 0.29) is 17.4 Å². The summed E-state index contributed by atoms with van der Waals surface area (Å²) in [6.07, 6.45) is -0.520. The fourth-order valence-corrected chi connectivity index (χ4v) is 4.88. The fourth-order valence-electron chi connectivity index (χ4n) is 3.39. The van der Waals surface area contributed by atoms with Gasteiger partial charge in [0.25, 0.3) is 0 Å². The monoisotopic (exact) mass is 511 g/mol. The molecule has 2 aromatic carbocycles. The van der Waals surface area contributed by atoms with Crippen LogP contribution in [0, 0.1) is 11.7 Å². The van der Waals surface area contributed by atoms with Gasteiger partial charge in [-0.3, -0.25) is 4.79 Å². The first-order valence-corrected chi connectivity index (χ1v) is 13.0. The number of aromatic nitrogens is 4. The number of benzene rings is 2. The zero-order valence-electron chi connectivity index (χ0n) is 19.6. The van der Waals surface area contributed by atoms with Gasteiger partial charge in [0.1, 0.15) is 0 Å². The maximum atomic E-state index is 14.0. The highest BCUT2D eigenvalue weighted by atomic mass is 32.2. The first-order chi connectivity index (χ1) is 16.9. The van der Waals surface area contributed by atoms with Crippen LogP contribution in [-0.4, -0.2) is 31.4 Å². The first kappa shape index (κ1) is 24.9. The highest BCUT2D eigenvalue weighted by molar-refractivity contribution is 7.99. The third-order valence-electron chi connectivity index (χ3n) is 4.95. The van der Waals surface area contributed by atoms with Crippen molar-refractivity contribution >= 4 is 34.1 Å². The molecule has 0 aliphatic heterocycles. The summed E-state index contributed by atoms with van der Waals surface area (Å²) in [5.41, 5.74) is 1.82. The minimum Gasteiger partial charge on any atom is -0.480 e. The average molecular weight is 512 g/mol. The van der Waals surface area contributed by atoms with E-state index in [2.05, 4.69) is 34.3 Å². The lowest BCUT2D eigenvalue weighted by Crippen LogP contribution is -2.17. The van der Waals surface area contributed by atoms with Gasteiger partial charge in [-0.15, -0.1) is 21.5 Å². The van der Waals surface area contributed by atoms with E-state index in [0.717, 1.165) is 11.3 Å². The number of hydrogen-bond donors (Lipinski definition) is 1. The van der Waals surface area contributed by atoms with Crippen molar-refractivity contribution in [1.29, 1.82) is 0 Å². The van der Waals surface area contributed by atoms with Gasteiger partial charge in [0.05, 0.1) is 11.4 Å². The molecule has 0 aliphatic carbocycles. The minimum atomic E-state index is -0.520. The Kier molecular flexibility index (Phi) is 8.14. The molecule has 10 heteroatoms. The number of amides is 1. The summed E-state index contributed by atoms with van der Waals surface area (Å²) in [7, 11) is 0. The fraction of sp³-hybridized carbons (Fsp3) is 0.280. The zero-order chi connectivity index (χ0) is 24.8. The summed E-state index contributed by atoms with van der Waals surface area (Å²) < 4.78 is 21.8. The Hall–Kier alpha value is -3.24. The van der Waals surface area contributed by atoms with Gasteiger partial charge in [-0.2, -0.15) is 0 Å². The molecule has 0 saturated heterocycles. The van der Waals surface area contributed by atoms with Crippen LogP contribution in [0.5, 0.6) is 5.75 Å². The van der Waals surface area contributed by atoms with Gasteiger partial charge in [-0.25, -0.2) is 9.37 Å². The lowest BCUT2D eigenvalue weighted by Gasteiger charge is -2.18. The number of anilines is 1. The maximum absolute atomic E-state index is 14.0. The van der Waals surface area contributed by atoms with Crippen molar-refractivity contribution in [2.75, 3.05) is 11.1 Å². The molecule has 0 saturated carbocycles. The van der Waals surface area contributed by atoms with Crippen molar-refractivity contribution in [3.05, 3.63) is 71.6 Å². The second-order valence-corrected chi connectivity index (χ2v) is 10.1. The number of hydrogen-bond acceptors (Lipinski definition) is 7. The van der Waals surface area contributed by atoms with Gasteiger partial charge >= 0.3 is 0 Å². The van der Waals surface area contributed by atoms with Crippen LogP contribution in [-0.2, 0) is 11.3 Å². The Balaban J connectivity index is 1.41. The average Bonchev–Trinajstić information content (AvgIpc) is 3.46. The van der Waals surface area contributed by atoms with Gasteiger partial charge in [0.2, 0.25) is 5.91 Å². The van der Waals surface area contributed by atoms with E-state index in [9.17, 15) is 9.18 Å². The smallest absolute Gasteiger partial charge is 0.236 e. The van der Waals surface area contributed by atoms with Crippen molar-refractivity contribution in [3.63, 3.8) is 0 Å². The molecule has 0 spiro atoms. The van der Waals surface area contributed by atoms with Crippen molar-refractivity contribution in [3.8, 4) is 17.0 Å². The van der Waals surface area contributed by atoms with E-state index in [1.807, 2.05) is 40.3 Å². The lowest BCUT2D eigenvalue weighted by atomic mass is 10.2. The number of ether oxygens (including phenoxy) is 1. The van der Waals surface area contributed by atoms with Crippen LogP contribution in [0.15, 0.2) is 65.1 Å². The Labute approximate surface area is 211 Å². The summed E-state index contributed by atoms with van der Waals surface area (Å²) in [4.78, 5) is 17.1. The molecule has 1 atom stereocenters. The summed E-state index contributed by atoms with van der Waals surface area (Å²) >= 11 is 2.68. The van der Waals surface area contributed by atoms with E-state index in [4.69, 9.17) is 4.74 Å². The standard InChI is InChI=1S/C25H26FN5O2S2/c1-16(2)13-31-23(17(3)33-21-12-8-7-11-19(21)26)29-30-25(31)35-15-22(32)28-24-27-20(14-34-24)18-9-5-4-6-10-18/h4-12,14,16-17H,13,15H2,1-3H3,(H,27,28,32). The Bertz CT molecular complexity index is 1280. The molecular weight excluding hydrogens is 485 g/mol. The van der Waals surface area contributed by atoms with Crippen LogP contribution in [0.4, 0.5) is 9.52 Å². The molecule has 1 unspecified atom stereocenters. The van der Waals surface area contributed by atoms with E-state index >= 15 is 0 Å². The topological polar surface area (TPSA) is 81.9 Å². The minimum absolute atomic E-state index is 0.152. The number of para-hydroxylation sites is 1. The number of carbonyl (C=O) groups is 1. The predicted molar refractivity (Wildman–Crippen MR) is 137 cm³/mol. The molecule has 4 aromatic rings. The number of nitrogens with one attached hydrogen (secondary N) is 1. The van der Waals surface area contributed by atoms with E-state index in [1.165, 1.54) is 29.2 Å². The Morgan fingerprint density at radius 3 is 2.60 bits per heavy atom. The molecule has 35 heavy (non-hydrogen) atoms. The Morgan fingerprint density at radius 2 is 1.86 bits per heavy atom. The van der Waals surface area contributed by atoms with Crippen LogP contribution in [0.1, 0.15) is 32.7 Å². The number of rotatable bonds is 10. The first-order valence-electron chi connectivity index (χ1n) is 11.2. The van der Waals surface area contributed by atoms with Gasteiger partial charge < -0.3 is 14.6 Å². The van der Waals surface area contributed by atoms with Crippen molar-refractivity contribution < 1.29 is 13.9 Å². The molecule has 4 rings (SSSR count).